The van der Waals surface area contributed by atoms with Gasteiger partial charge in [-0.2, -0.15) is 0 Å². The standard InChI is InChI=1S/C17H20N2O3S2/c1-11-9-16(19-15-6-4-3-5-14(11)15)23-12(2)17(20)18-13-7-8-24(21,22)10-13/h3-6,9,12-13H,7-8,10H2,1-2H3,(H,18,20)/t12-,13-/m0/s1. The number of pyridine rings is 1. The summed E-state index contributed by atoms with van der Waals surface area (Å²) in [6.45, 7) is 3.85. The van der Waals surface area contributed by atoms with Crippen LogP contribution in [0, 0.1) is 6.92 Å². The van der Waals surface area contributed by atoms with Gasteiger partial charge in [-0.15, -0.1) is 0 Å². The molecule has 128 valence electrons. The van der Waals surface area contributed by atoms with E-state index in [4.69, 9.17) is 0 Å². The molecule has 1 aromatic heterocycles. The van der Waals surface area contributed by atoms with E-state index >= 15 is 0 Å². The summed E-state index contributed by atoms with van der Waals surface area (Å²) in [4.78, 5) is 16.9. The van der Waals surface area contributed by atoms with Crippen LogP contribution in [0.3, 0.4) is 0 Å². The highest BCUT2D eigenvalue weighted by Crippen LogP contribution is 2.26. The summed E-state index contributed by atoms with van der Waals surface area (Å²) < 4.78 is 23.0. The van der Waals surface area contributed by atoms with Crippen LogP contribution in [0.15, 0.2) is 35.4 Å². The topological polar surface area (TPSA) is 76.1 Å². The first-order valence-electron chi connectivity index (χ1n) is 7.88. The van der Waals surface area contributed by atoms with Crippen LogP contribution in [-0.2, 0) is 14.6 Å². The first-order chi connectivity index (χ1) is 11.3. The molecular formula is C17H20N2O3S2. The van der Waals surface area contributed by atoms with Crippen LogP contribution in [0.1, 0.15) is 18.9 Å². The highest BCUT2D eigenvalue weighted by Gasteiger charge is 2.30. The molecule has 2 heterocycles. The number of sulfone groups is 1. The average molecular weight is 364 g/mol. The van der Waals surface area contributed by atoms with Crippen LogP contribution in [0.4, 0.5) is 0 Å². The van der Waals surface area contributed by atoms with Gasteiger partial charge >= 0.3 is 0 Å². The van der Waals surface area contributed by atoms with Gasteiger partial charge in [0.1, 0.15) is 0 Å². The van der Waals surface area contributed by atoms with Gasteiger partial charge in [-0.1, -0.05) is 30.0 Å². The van der Waals surface area contributed by atoms with E-state index < -0.39 is 9.84 Å². The van der Waals surface area contributed by atoms with Crippen molar-refractivity contribution in [3.05, 3.63) is 35.9 Å². The van der Waals surface area contributed by atoms with Crippen LogP contribution in [-0.4, -0.2) is 42.1 Å². The van der Waals surface area contributed by atoms with E-state index in [1.165, 1.54) is 11.8 Å². The first kappa shape index (κ1) is 17.2. The zero-order chi connectivity index (χ0) is 17.3. The fourth-order valence-corrected chi connectivity index (χ4v) is 5.45. The Hall–Kier alpha value is -1.60. The third-order valence-corrected chi connectivity index (χ3v) is 6.93. The van der Waals surface area contributed by atoms with Crippen LogP contribution >= 0.6 is 11.8 Å². The molecule has 1 aliphatic rings. The average Bonchev–Trinajstić information content (AvgIpc) is 2.86. The molecule has 0 radical (unpaired) electrons. The first-order valence-corrected chi connectivity index (χ1v) is 10.6. The number of nitrogens with one attached hydrogen (secondary N) is 1. The van der Waals surface area contributed by atoms with Crippen molar-refractivity contribution < 1.29 is 13.2 Å². The van der Waals surface area contributed by atoms with E-state index in [2.05, 4.69) is 10.3 Å². The molecular weight excluding hydrogens is 344 g/mol. The van der Waals surface area contributed by atoms with E-state index in [1.807, 2.05) is 44.2 Å². The van der Waals surface area contributed by atoms with E-state index in [-0.39, 0.29) is 28.7 Å². The van der Waals surface area contributed by atoms with E-state index in [9.17, 15) is 13.2 Å². The molecule has 2 aromatic rings. The number of para-hydroxylation sites is 1. The lowest BCUT2D eigenvalue weighted by Gasteiger charge is -2.16. The Bertz CT molecular complexity index is 881. The van der Waals surface area contributed by atoms with Gasteiger partial charge in [0.15, 0.2) is 9.84 Å². The number of hydrogen-bond acceptors (Lipinski definition) is 5. The van der Waals surface area contributed by atoms with Crippen LogP contribution in [0.2, 0.25) is 0 Å². The predicted octanol–water partition coefficient (Wildman–Crippen LogP) is 2.33. The number of hydrogen-bond donors (Lipinski definition) is 1. The number of fused-ring (bicyclic) bond motifs is 1. The van der Waals surface area contributed by atoms with Gasteiger partial charge < -0.3 is 5.32 Å². The van der Waals surface area contributed by atoms with Gasteiger partial charge in [-0.3, -0.25) is 4.79 Å². The molecule has 0 saturated carbocycles. The van der Waals surface area contributed by atoms with E-state index in [1.54, 1.807) is 0 Å². The van der Waals surface area contributed by atoms with Crippen LogP contribution in [0.25, 0.3) is 10.9 Å². The lowest BCUT2D eigenvalue weighted by Crippen LogP contribution is -2.39. The number of carbonyl (C=O) groups is 1. The van der Waals surface area contributed by atoms with Gasteiger partial charge in [0.05, 0.1) is 27.3 Å². The smallest absolute Gasteiger partial charge is 0.233 e. The molecule has 0 unspecified atom stereocenters. The Kier molecular flexibility index (Phi) is 4.83. The van der Waals surface area contributed by atoms with Crippen molar-refractivity contribution in [3.63, 3.8) is 0 Å². The third-order valence-electron chi connectivity index (χ3n) is 4.15. The minimum Gasteiger partial charge on any atom is -0.351 e. The Balaban J connectivity index is 1.68. The SMILES string of the molecule is Cc1cc(S[C@@H](C)C(=O)N[C@H]2CCS(=O)(=O)C2)nc2ccccc12. The monoisotopic (exact) mass is 364 g/mol. The summed E-state index contributed by atoms with van der Waals surface area (Å²) >= 11 is 1.39. The van der Waals surface area contributed by atoms with Crippen LogP contribution < -0.4 is 5.32 Å². The quantitative estimate of drug-likeness (QED) is 0.843. The summed E-state index contributed by atoms with van der Waals surface area (Å²) in [7, 11) is -2.99. The van der Waals surface area contributed by atoms with Crippen molar-refractivity contribution in [2.75, 3.05) is 11.5 Å². The Morgan fingerprint density at radius 3 is 2.83 bits per heavy atom. The summed E-state index contributed by atoms with van der Waals surface area (Å²) in [6, 6.07) is 9.63. The second kappa shape index (κ2) is 6.72. The molecule has 1 N–H and O–H groups in total. The van der Waals surface area contributed by atoms with Gasteiger partial charge in [0.25, 0.3) is 0 Å². The molecule has 1 fully saturated rings. The van der Waals surface area contributed by atoms with Crippen molar-refractivity contribution in [1.29, 1.82) is 0 Å². The second-order valence-electron chi connectivity index (χ2n) is 6.16. The number of carbonyl (C=O) groups excluding carboxylic acids is 1. The van der Waals surface area contributed by atoms with Crippen molar-refractivity contribution in [2.24, 2.45) is 0 Å². The van der Waals surface area contributed by atoms with Crippen molar-refractivity contribution in [2.45, 2.75) is 36.6 Å². The van der Waals surface area contributed by atoms with Crippen molar-refractivity contribution in [1.82, 2.24) is 10.3 Å². The molecule has 0 aliphatic carbocycles. The van der Waals surface area contributed by atoms with E-state index in [0.29, 0.717) is 6.42 Å². The fraction of sp³-hybridized carbons (Fsp3) is 0.412. The number of rotatable bonds is 4. The second-order valence-corrected chi connectivity index (χ2v) is 9.75. The lowest BCUT2D eigenvalue weighted by atomic mass is 10.1. The van der Waals surface area contributed by atoms with Gasteiger partial charge in [-0.25, -0.2) is 13.4 Å². The third kappa shape index (κ3) is 3.89. The zero-order valence-electron chi connectivity index (χ0n) is 13.7. The lowest BCUT2D eigenvalue weighted by molar-refractivity contribution is -0.120. The Labute approximate surface area is 146 Å². The molecule has 5 nitrogen and oxygen atoms in total. The number of benzene rings is 1. The number of aryl methyl sites for hydroxylation is 1. The summed E-state index contributed by atoms with van der Waals surface area (Å²) in [6.07, 6.45) is 0.499. The highest BCUT2D eigenvalue weighted by atomic mass is 32.2. The zero-order valence-corrected chi connectivity index (χ0v) is 15.3. The maximum Gasteiger partial charge on any atom is 0.233 e. The number of aromatic nitrogens is 1. The molecule has 1 aromatic carbocycles. The molecule has 1 amide bonds. The van der Waals surface area contributed by atoms with Crippen molar-refractivity contribution >= 4 is 38.4 Å². The summed E-state index contributed by atoms with van der Waals surface area (Å²) in [5.41, 5.74) is 2.03. The molecule has 0 bridgehead atoms. The normalized spacial score (nSPS) is 20.8. The Morgan fingerprint density at radius 1 is 1.38 bits per heavy atom. The van der Waals surface area contributed by atoms with Gasteiger partial charge in [0.2, 0.25) is 5.91 Å². The number of amides is 1. The Morgan fingerprint density at radius 2 is 2.12 bits per heavy atom. The van der Waals surface area contributed by atoms with Crippen molar-refractivity contribution in [3.8, 4) is 0 Å². The van der Waals surface area contributed by atoms with Crippen LogP contribution in [0.5, 0.6) is 0 Å². The maximum atomic E-state index is 12.3. The van der Waals surface area contributed by atoms with Gasteiger partial charge in [-0.05, 0) is 38.0 Å². The highest BCUT2D eigenvalue weighted by molar-refractivity contribution is 8.00. The summed E-state index contributed by atoms with van der Waals surface area (Å²) in [5.74, 6) is 0.0589. The minimum atomic E-state index is -2.99. The largest absolute Gasteiger partial charge is 0.351 e. The molecule has 7 heteroatoms. The molecule has 1 saturated heterocycles. The fourth-order valence-electron chi connectivity index (χ4n) is 2.84. The molecule has 2 atom stereocenters. The molecule has 0 spiro atoms. The number of thioether (sulfide) groups is 1. The number of nitrogens with zero attached hydrogens (tertiary/aromatic N) is 1. The molecule has 3 rings (SSSR count). The maximum absolute atomic E-state index is 12.3. The molecule has 24 heavy (non-hydrogen) atoms. The predicted molar refractivity (Wildman–Crippen MR) is 97.0 cm³/mol. The summed E-state index contributed by atoms with van der Waals surface area (Å²) in [5, 5.41) is 4.41. The molecule has 1 aliphatic heterocycles. The van der Waals surface area contributed by atoms with Gasteiger partial charge in [0, 0.05) is 11.4 Å². The minimum absolute atomic E-state index is 0.0451. The van der Waals surface area contributed by atoms with E-state index in [0.717, 1.165) is 21.5 Å².